The van der Waals surface area contributed by atoms with Crippen LogP contribution in [-0.2, 0) is 0 Å². The SMILES string of the molecule is CCNC(=NCC1(C)CCCS1)NCCC(F)(F)F. The van der Waals surface area contributed by atoms with Crippen molar-refractivity contribution in [3.63, 3.8) is 0 Å². The van der Waals surface area contributed by atoms with Crippen LogP contribution in [0.25, 0.3) is 0 Å². The molecule has 0 aliphatic carbocycles. The van der Waals surface area contributed by atoms with E-state index < -0.39 is 12.6 Å². The van der Waals surface area contributed by atoms with Crippen LogP contribution in [0.2, 0.25) is 0 Å². The van der Waals surface area contributed by atoms with Gasteiger partial charge in [0, 0.05) is 17.8 Å². The molecule has 1 saturated heterocycles. The zero-order valence-corrected chi connectivity index (χ0v) is 12.3. The number of hydrogen-bond donors (Lipinski definition) is 2. The van der Waals surface area contributed by atoms with Gasteiger partial charge in [0.25, 0.3) is 0 Å². The zero-order chi connectivity index (χ0) is 14.4. The lowest BCUT2D eigenvalue weighted by molar-refractivity contribution is -0.132. The maximum Gasteiger partial charge on any atom is 0.390 e. The van der Waals surface area contributed by atoms with Crippen molar-refractivity contribution in [3.8, 4) is 0 Å². The molecule has 0 spiro atoms. The summed E-state index contributed by atoms with van der Waals surface area (Å²) >= 11 is 1.89. The first-order valence-corrected chi connectivity index (χ1v) is 7.56. The van der Waals surface area contributed by atoms with Gasteiger partial charge >= 0.3 is 6.18 Å². The molecule has 1 atom stereocenters. The van der Waals surface area contributed by atoms with Crippen molar-refractivity contribution in [2.75, 3.05) is 25.4 Å². The van der Waals surface area contributed by atoms with Crippen molar-refractivity contribution in [2.24, 2.45) is 4.99 Å². The van der Waals surface area contributed by atoms with Crippen molar-refractivity contribution in [2.45, 2.75) is 44.0 Å². The van der Waals surface area contributed by atoms with Crippen molar-refractivity contribution in [1.29, 1.82) is 0 Å². The highest BCUT2D eigenvalue weighted by atomic mass is 32.2. The third kappa shape index (κ3) is 6.94. The first-order valence-electron chi connectivity index (χ1n) is 6.57. The minimum Gasteiger partial charge on any atom is -0.357 e. The second-order valence-electron chi connectivity index (χ2n) is 4.89. The Morgan fingerprint density at radius 1 is 1.37 bits per heavy atom. The Hall–Kier alpha value is -0.590. The molecule has 1 aliphatic rings. The number of aliphatic imine (C=N–C) groups is 1. The summed E-state index contributed by atoms with van der Waals surface area (Å²) in [6.45, 7) is 5.19. The second-order valence-corrected chi connectivity index (χ2v) is 6.57. The van der Waals surface area contributed by atoms with Gasteiger partial charge in [0.2, 0.25) is 0 Å². The topological polar surface area (TPSA) is 36.4 Å². The van der Waals surface area contributed by atoms with Crippen LogP contribution in [0, 0.1) is 0 Å². The maximum absolute atomic E-state index is 12.1. The monoisotopic (exact) mass is 297 g/mol. The summed E-state index contributed by atoms with van der Waals surface area (Å²) in [5.74, 6) is 1.62. The minimum absolute atomic E-state index is 0.131. The molecule has 0 amide bonds. The Morgan fingerprint density at radius 2 is 2.11 bits per heavy atom. The summed E-state index contributed by atoms with van der Waals surface area (Å²) in [4.78, 5) is 4.39. The van der Waals surface area contributed by atoms with Gasteiger partial charge in [-0.3, -0.25) is 4.99 Å². The zero-order valence-electron chi connectivity index (χ0n) is 11.4. The van der Waals surface area contributed by atoms with E-state index in [0.29, 0.717) is 19.0 Å². The van der Waals surface area contributed by atoms with Gasteiger partial charge in [0.05, 0.1) is 13.0 Å². The molecule has 1 fully saturated rings. The standard InChI is InChI=1S/C12H22F3N3S/c1-3-16-10(17-7-6-12(13,14)15)18-9-11(2)5-4-8-19-11/h3-9H2,1-2H3,(H2,16,17,18). The van der Waals surface area contributed by atoms with Crippen LogP contribution < -0.4 is 10.6 Å². The molecule has 0 bridgehead atoms. The largest absolute Gasteiger partial charge is 0.390 e. The number of halogens is 3. The van der Waals surface area contributed by atoms with E-state index in [9.17, 15) is 13.2 Å². The molecule has 1 unspecified atom stereocenters. The normalized spacial score (nSPS) is 24.6. The van der Waals surface area contributed by atoms with Gasteiger partial charge < -0.3 is 10.6 Å². The smallest absolute Gasteiger partial charge is 0.357 e. The van der Waals surface area contributed by atoms with Crippen LogP contribution in [0.15, 0.2) is 4.99 Å². The Morgan fingerprint density at radius 3 is 2.63 bits per heavy atom. The molecule has 3 nitrogen and oxygen atoms in total. The van der Waals surface area contributed by atoms with Gasteiger partial charge in [-0.25, -0.2) is 0 Å². The molecule has 1 rings (SSSR count). The average molecular weight is 297 g/mol. The first kappa shape index (κ1) is 16.5. The van der Waals surface area contributed by atoms with E-state index in [1.165, 1.54) is 6.42 Å². The number of hydrogen-bond acceptors (Lipinski definition) is 2. The molecular formula is C12H22F3N3S. The predicted octanol–water partition coefficient (Wildman–Crippen LogP) is 2.78. The van der Waals surface area contributed by atoms with E-state index in [2.05, 4.69) is 22.5 Å². The highest BCUT2D eigenvalue weighted by Gasteiger charge is 2.29. The van der Waals surface area contributed by atoms with E-state index in [1.54, 1.807) is 0 Å². The highest BCUT2D eigenvalue weighted by Crippen LogP contribution is 2.37. The maximum atomic E-state index is 12.1. The van der Waals surface area contributed by atoms with Crippen molar-refractivity contribution in [3.05, 3.63) is 0 Å². The lowest BCUT2D eigenvalue weighted by Crippen LogP contribution is -2.40. The lowest BCUT2D eigenvalue weighted by atomic mass is 10.1. The molecule has 19 heavy (non-hydrogen) atoms. The van der Waals surface area contributed by atoms with Crippen LogP contribution in [0.3, 0.4) is 0 Å². The number of nitrogens with one attached hydrogen (secondary N) is 2. The minimum atomic E-state index is -4.13. The molecular weight excluding hydrogens is 275 g/mol. The quantitative estimate of drug-likeness (QED) is 0.605. The molecule has 0 aromatic rings. The van der Waals surface area contributed by atoms with Crippen molar-refractivity contribution < 1.29 is 13.2 Å². The molecule has 0 saturated carbocycles. The van der Waals surface area contributed by atoms with Crippen LogP contribution in [-0.4, -0.2) is 42.3 Å². The molecule has 112 valence electrons. The van der Waals surface area contributed by atoms with Gasteiger partial charge in [-0.05, 0) is 32.4 Å². The first-order chi connectivity index (χ1) is 8.85. The Balaban J connectivity index is 2.42. The Bertz CT molecular complexity index is 299. The summed E-state index contributed by atoms with van der Waals surface area (Å²) in [6, 6.07) is 0. The molecule has 7 heteroatoms. The summed E-state index contributed by atoms with van der Waals surface area (Å²) in [5.41, 5.74) is 0. The number of rotatable bonds is 5. The lowest BCUT2D eigenvalue weighted by Gasteiger charge is -2.21. The third-order valence-electron chi connectivity index (χ3n) is 2.92. The van der Waals surface area contributed by atoms with Gasteiger partial charge in [-0.2, -0.15) is 24.9 Å². The number of thioether (sulfide) groups is 1. The van der Waals surface area contributed by atoms with E-state index in [0.717, 1.165) is 12.2 Å². The Kier molecular flexibility index (Phi) is 6.29. The highest BCUT2D eigenvalue weighted by molar-refractivity contribution is 8.00. The Labute approximate surface area is 116 Å². The summed E-state index contributed by atoms with van der Waals surface area (Å²) in [5, 5.41) is 5.70. The molecule has 1 heterocycles. The molecule has 0 aromatic carbocycles. The molecule has 0 radical (unpaired) electrons. The predicted molar refractivity (Wildman–Crippen MR) is 74.8 cm³/mol. The molecule has 2 N–H and O–H groups in total. The van der Waals surface area contributed by atoms with Gasteiger partial charge in [-0.15, -0.1) is 0 Å². The second kappa shape index (κ2) is 7.26. The van der Waals surface area contributed by atoms with E-state index in [4.69, 9.17) is 0 Å². The third-order valence-corrected chi connectivity index (χ3v) is 4.44. The summed E-state index contributed by atoms with van der Waals surface area (Å²) in [7, 11) is 0. The van der Waals surface area contributed by atoms with Gasteiger partial charge in [0.1, 0.15) is 0 Å². The fraction of sp³-hybridized carbons (Fsp3) is 0.917. The molecule has 1 aliphatic heterocycles. The van der Waals surface area contributed by atoms with Crippen molar-refractivity contribution >= 4 is 17.7 Å². The van der Waals surface area contributed by atoms with Gasteiger partial charge in [0.15, 0.2) is 5.96 Å². The average Bonchev–Trinajstić information content (AvgIpc) is 2.72. The van der Waals surface area contributed by atoms with Gasteiger partial charge in [-0.1, -0.05) is 0 Å². The number of alkyl halides is 3. The van der Waals surface area contributed by atoms with Crippen molar-refractivity contribution in [1.82, 2.24) is 10.6 Å². The summed E-state index contributed by atoms with van der Waals surface area (Å²) < 4.78 is 36.4. The van der Waals surface area contributed by atoms with Crippen LogP contribution in [0.5, 0.6) is 0 Å². The number of nitrogens with zero attached hydrogens (tertiary/aromatic N) is 1. The fourth-order valence-electron chi connectivity index (χ4n) is 1.87. The van der Waals surface area contributed by atoms with Crippen LogP contribution in [0.4, 0.5) is 13.2 Å². The van der Waals surface area contributed by atoms with E-state index in [-0.39, 0.29) is 11.3 Å². The molecule has 0 aromatic heterocycles. The fourth-order valence-corrected chi connectivity index (χ4v) is 3.10. The van der Waals surface area contributed by atoms with E-state index >= 15 is 0 Å². The van der Waals surface area contributed by atoms with E-state index in [1.807, 2.05) is 18.7 Å². The van der Waals surface area contributed by atoms with Crippen LogP contribution in [0.1, 0.15) is 33.1 Å². The summed E-state index contributed by atoms with van der Waals surface area (Å²) in [6.07, 6.45) is -2.67. The number of guanidine groups is 1. The van der Waals surface area contributed by atoms with Crippen LogP contribution >= 0.6 is 11.8 Å².